The van der Waals surface area contributed by atoms with Crippen LogP contribution in [0.3, 0.4) is 0 Å². The minimum atomic E-state index is -0.205. The van der Waals surface area contributed by atoms with Crippen molar-refractivity contribution < 1.29 is 8.78 Å². The highest BCUT2D eigenvalue weighted by Crippen LogP contribution is 2.05. The van der Waals surface area contributed by atoms with Gasteiger partial charge >= 0.3 is 0 Å². The molecule has 62 valence electrons. The Kier molecular flexibility index (Phi) is 8.74. The highest BCUT2D eigenvalue weighted by atomic mass is 19.1. The van der Waals surface area contributed by atoms with Crippen LogP contribution < -0.4 is 0 Å². The van der Waals surface area contributed by atoms with Gasteiger partial charge < -0.3 is 0 Å². The monoisotopic (exact) mass is 150 g/mol. The topological polar surface area (TPSA) is 0 Å². The fourth-order valence-corrected chi connectivity index (χ4v) is 0.896. The zero-order chi connectivity index (χ0) is 7.66. The highest BCUT2D eigenvalue weighted by Gasteiger charge is 1.89. The normalized spacial score (nSPS) is 10.2. The first-order valence-electron chi connectivity index (χ1n) is 4.03. The summed E-state index contributed by atoms with van der Waals surface area (Å²) in [4.78, 5) is 0. The summed E-state index contributed by atoms with van der Waals surface area (Å²) in [5, 5.41) is 0. The second kappa shape index (κ2) is 8.86. The molecule has 0 aromatic rings. The van der Waals surface area contributed by atoms with Crippen LogP contribution in [-0.2, 0) is 0 Å². The van der Waals surface area contributed by atoms with Crippen molar-refractivity contribution in [1.82, 2.24) is 0 Å². The van der Waals surface area contributed by atoms with E-state index in [0.717, 1.165) is 25.7 Å². The SMILES string of the molecule is FCCCCCCCCF. The summed E-state index contributed by atoms with van der Waals surface area (Å²) in [5.41, 5.74) is 0. The molecule has 0 atom stereocenters. The van der Waals surface area contributed by atoms with Crippen molar-refractivity contribution in [2.45, 2.75) is 38.5 Å². The lowest BCUT2D eigenvalue weighted by Crippen LogP contribution is -1.81. The lowest BCUT2D eigenvalue weighted by Gasteiger charge is -1.96. The predicted octanol–water partition coefficient (Wildman–Crippen LogP) is 3.27. The number of rotatable bonds is 7. The minimum Gasteiger partial charge on any atom is -0.251 e. The Morgan fingerprint density at radius 2 is 0.800 bits per heavy atom. The summed E-state index contributed by atoms with van der Waals surface area (Å²) in [5.74, 6) is 0. The van der Waals surface area contributed by atoms with Crippen molar-refractivity contribution in [2.75, 3.05) is 13.3 Å². The Balaban J connectivity index is 2.65. The molecule has 0 aliphatic heterocycles. The van der Waals surface area contributed by atoms with Gasteiger partial charge in [0.2, 0.25) is 0 Å². The molecule has 0 aliphatic rings. The van der Waals surface area contributed by atoms with Crippen LogP contribution in [0.5, 0.6) is 0 Å². The maximum absolute atomic E-state index is 11.5. The van der Waals surface area contributed by atoms with Crippen LogP contribution in [0, 0.1) is 0 Å². The zero-order valence-corrected chi connectivity index (χ0v) is 6.41. The third-order valence-electron chi connectivity index (χ3n) is 1.52. The fourth-order valence-electron chi connectivity index (χ4n) is 0.896. The van der Waals surface area contributed by atoms with Gasteiger partial charge in [0.1, 0.15) is 0 Å². The van der Waals surface area contributed by atoms with Gasteiger partial charge in [0.25, 0.3) is 0 Å². The molecule has 0 nitrogen and oxygen atoms in total. The van der Waals surface area contributed by atoms with Crippen molar-refractivity contribution in [2.24, 2.45) is 0 Å². The summed E-state index contributed by atoms with van der Waals surface area (Å²) >= 11 is 0. The van der Waals surface area contributed by atoms with Crippen molar-refractivity contribution in [1.29, 1.82) is 0 Å². The molecule has 2 heteroatoms. The third-order valence-corrected chi connectivity index (χ3v) is 1.52. The molecule has 0 N–H and O–H groups in total. The summed E-state index contributed by atoms with van der Waals surface area (Å²) < 4.78 is 23.0. The van der Waals surface area contributed by atoms with E-state index in [1.807, 2.05) is 0 Å². The first-order chi connectivity index (χ1) is 4.91. The van der Waals surface area contributed by atoms with Gasteiger partial charge in [-0.15, -0.1) is 0 Å². The molecule has 0 fully saturated rings. The van der Waals surface area contributed by atoms with Crippen LogP contribution in [0.25, 0.3) is 0 Å². The average Bonchev–Trinajstić information content (AvgIpc) is 1.97. The summed E-state index contributed by atoms with van der Waals surface area (Å²) in [6, 6.07) is 0. The largest absolute Gasteiger partial charge is 0.251 e. The van der Waals surface area contributed by atoms with Crippen LogP contribution in [-0.4, -0.2) is 13.3 Å². The van der Waals surface area contributed by atoms with E-state index >= 15 is 0 Å². The molecule has 0 heterocycles. The molecule has 0 rings (SSSR count). The number of unbranched alkanes of at least 4 members (excludes halogenated alkanes) is 5. The molecular formula is C8H16F2. The van der Waals surface area contributed by atoms with Crippen LogP contribution in [0.2, 0.25) is 0 Å². The van der Waals surface area contributed by atoms with Crippen LogP contribution >= 0.6 is 0 Å². The molecule has 0 saturated heterocycles. The zero-order valence-electron chi connectivity index (χ0n) is 6.41. The lowest BCUT2D eigenvalue weighted by molar-refractivity contribution is 0.433. The van der Waals surface area contributed by atoms with Crippen molar-refractivity contribution in [3.8, 4) is 0 Å². The van der Waals surface area contributed by atoms with Gasteiger partial charge in [-0.25, -0.2) is 0 Å². The Morgan fingerprint density at radius 3 is 1.10 bits per heavy atom. The van der Waals surface area contributed by atoms with Crippen LogP contribution in [0.15, 0.2) is 0 Å². The molecule has 0 bridgehead atoms. The fraction of sp³-hybridized carbons (Fsp3) is 1.00. The minimum absolute atomic E-state index is 0.205. The van der Waals surface area contributed by atoms with Gasteiger partial charge in [-0.05, 0) is 12.8 Å². The van der Waals surface area contributed by atoms with Gasteiger partial charge in [-0.2, -0.15) is 0 Å². The molecule has 0 aromatic carbocycles. The van der Waals surface area contributed by atoms with E-state index in [-0.39, 0.29) is 13.3 Å². The highest BCUT2D eigenvalue weighted by molar-refractivity contribution is 4.43. The number of alkyl halides is 2. The van der Waals surface area contributed by atoms with Crippen LogP contribution in [0.4, 0.5) is 8.78 Å². The van der Waals surface area contributed by atoms with Crippen LogP contribution in [0.1, 0.15) is 38.5 Å². The van der Waals surface area contributed by atoms with E-state index in [1.165, 1.54) is 0 Å². The lowest BCUT2D eigenvalue weighted by atomic mass is 10.1. The Bertz CT molecular complexity index is 47.2. The molecule has 0 aromatic heterocycles. The maximum Gasteiger partial charge on any atom is 0.0894 e. The smallest absolute Gasteiger partial charge is 0.0894 e. The first kappa shape index (κ1) is 9.86. The van der Waals surface area contributed by atoms with E-state index in [4.69, 9.17) is 0 Å². The number of hydrogen-bond donors (Lipinski definition) is 0. The Hall–Kier alpha value is -0.140. The first-order valence-corrected chi connectivity index (χ1v) is 4.03. The molecule has 0 amide bonds. The van der Waals surface area contributed by atoms with Gasteiger partial charge in [-0.1, -0.05) is 25.7 Å². The molecule has 0 saturated carbocycles. The standard InChI is InChI=1S/C8H16F2/c9-7-5-3-1-2-4-6-8-10/h1-8H2. The predicted molar refractivity (Wildman–Crippen MR) is 39.7 cm³/mol. The van der Waals surface area contributed by atoms with E-state index in [2.05, 4.69) is 0 Å². The Morgan fingerprint density at radius 1 is 0.500 bits per heavy atom. The van der Waals surface area contributed by atoms with Crippen molar-refractivity contribution in [3.05, 3.63) is 0 Å². The van der Waals surface area contributed by atoms with Crippen molar-refractivity contribution in [3.63, 3.8) is 0 Å². The van der Waals surface area contributed by atoms with Gasteiger partial charge in [0.15, 0.2) is 0 Å². The second-order valence-corrected chi connectivity index (χ2v) is 2.50. The molecule has 0 unspecified atom stereocenters. The summed E-state index contributed by atoms with van der Waals surface area (Å²) in [6.07, 6.45) is 5.39. The number of halogens is 2. The van der Waals surface area contributed by atoms with Crippen molar-refractivity contribution >= 4 is 0 Å². The second-order valence-electron chi connectivity index (χ2n) is 2.50. The number of hydrogen-bond acceptors (Lipinski definition) is 0. The van der Waals surface area contributed by atoms with Gasteiger partial charge in [-0.3, -0.25) is 8.78 Å². The maximum atomic E-state index is 11.5. The molecule has 0 radical (unpaired) electrons. The molecule has 0 aliphatic carbocycles. The van der Waals surface area contributed by atoms with E-state index in [9.17, 15) is 8.78 Å². The quantitative estimate of drug-likeness (QED) is 0.488. The van der Waals surface area contributed by atoms with E-state index < -0.39 is 0 Å². The van der Waals surface area contributed by atoms with Gasteiger partial charge in [0, 0.05) is 0 Å². The van der Waals surface area contributed by atoms with E-state index in [1.54, 1.807) is 0 Å². The molecule has 0 spiro atoms. The summed E-state index contributed by atoms with van der Waals surface area (Å²) in [7, 11) is 0. The Labute approximate surface area is 61.6 Å². The molecule has 10 heavy (non-hydrogen) atoms. The average molecular weight is 150 g/mol. The third kappa shape index (κ3) is 7.86. The van der Waals surface area contributed by atoms with E-state index in [0.29, 0.717) is 12.8 Å². The van der Waals surface area contributed by atoms with Gasteiger partial charge in [0.05, 0.1) is 13.3 Å². The summed E-state index contributed by atoms with van der Waals surface area (Å²) in [6.45, 7) is -0.410. The molecular weight excluding hydrogens is 134 g/mol.